The van der Waals surface area contributed by atoms with Crippen LogP contribution in [0.25, 0.3) is 6.08 Å². The van der Waals surface area contributed by atoms with Crippen molar-refractivity contribution in [1.82, 2.24) is 10.2 Å². The van der Waals surface area contributed by atoms with Crippen molar-refractivity contribution < 1.29 is 37.5 Å². The fraction of sp³-hybridized carbons (Fsp3) is 0.474. The van der Waals surface area contributed by atoms with Gasteiger partial charge in [-0.05, 0) is 31.9 Å². The molecule has 2 amide bonds. The molecular weight excluding hydrogens is 420 g/mol. The average molecular weight is 443 g/mol. The highest BCUT2D eigenvalue weighted by Crippen LogP contribution is 2.36. The quantitative estimate of drug-likeness (QED) is 0.373. The molecule has 10 nitrogen and oxygen atoms in total. The van der Waals surface area contributed by atoms with Crippen molar-refractivity contribution in [1.29, 1.82) is 0 Å². The lowest BCUT2D eigenvalue weighted by Crippen LogP contribution is -2.46. The molecule has 1 aliphatic heterocycles. The van der Waals surface area contributed by atoms with Crippen LogP contribution >= 0.6 is 0 Å². The summed E-state index contributed by atoms with van der Waals surface area (Å²) in [5.74, 6) is -1.12. The van der Waals surface area contributed by atoms with Crippen molar-refractivity contribution in [2.75, 3.05) is 26.8 Å². The molecule has 0 aromatic heterocycles. The Bertz CT molecular complexity index is 840. The lowest BCUT2D eigenvalue weighted by atomic mass is 10.1. The maximum atomic E-state index is 12.5. The van der Waals surface area contributed by atoms with Gasteiger partial charge in [-0.3, -0.25) is 14.9 Å². The number of amides is 2. The van der Waals surface area contributed by atoms with Crippen molar-refractivity contribution in [3.05, 3.63) is 33.9 Å². The minimum Gasteiger partial charge on any atom is -0.493 e. The monoisotopic (exact) mass is 443 g/mol. The van der Waals surface area contributed by atoms with Gasteiger partial charge in [-0.2, -0.15) is 8.78 Å². The predicted octanol–water partition coefficient (Wildman–Crippen LogP) is 2.96. The van der Waals surface area contributed by atoms with Gasteiger partial charge in [0.15, 0.2) is 11.5 Å². The zero-order valence-electron chi connectivity index (χ0n) is 17.0. The summed E-state index contributed by atoms with van der Waals surface area (Å²) in [4.78, 5) is 36.0. The van der Waals surface area contributed by atoms with E-state index in [1.807, 2.05) is 0 Å². The maximum absolute atomic E-state index is 12.5. The lowest BCUT2D eigenvalue weighted by Gasteiger charge is -2.31. The number of ether oxygens (including phenoxy) is 3. The van der Waals surface area contributed by atoms with Gasteiger partial charge < -0.3 is 24.4 Å². The summed E-state index contributed by atoms with van der Waals surface area (Å²) in [5, 5.41) is 14.1. The highest BCUT2D eigenvalue weighted by atomic mass is 19.3. The van der Waals surface area contributed by atoms with Crippen LogP contribution in [0.2, 0.25) is 0 Å². The van der Waals surface area contributed by atoms with Crippen molar-refractivity contribution >= 4 is 23.8 Å². The average Bonchev–Trinajstić information content (AvgIpc) is 2.72. The molecule has 1 heterocycles. The molecule has 1 aliphatic rings. The highest BCUT2D eigenvalue weighted by molar-refractivity contribution is 5.92. The Kier molecular flexibility index (Phi) is 8.53. The Balaban J connectivity index is 2.05. The smallest absolute Gasteiger partial charge is 0.409 e. The van der Waals surface area contributed by atoms with Crippen molar-refractivity contribution in [3.63, 3.8) is 0 Å². The first-order valence-corrected chi connectivity index (χ1v) is 9.46. The van der Waals surface area contributed by atoms with Crippen molar-refractivity contribution in [2.45, 2.75) is 32.4 Å². The van der Waals surface area contributed by atoms with Crippen LogP contribution in [0, 0.1) is 10.1 Å². The number of likely N-dealkylation sites (tertiary alicyclic amines) is 1. The standard InChI is InChI=1S/C19H23F2N3O7/c1-3-30-19(26)23-8-6-13(7-9-23)22-17(25)5-4-12-10-15(29-2)16(31-18(20)21)11-14(12)24(27)28/h4-5,10-11,13,18H,3,6-9H2,1-2H3,(H,22,25). The second kappa shape index (κ2) is 11.1. The summed E-state index contributed by atoms with van der Waals surface area (Å²) in [6.45, 7) is -0.317. The van der Waals surface area contributed by atoms with Gasteiger partial charge in [-0.15, -0.1) is 0 Å². The molecule has 1 aromatic rings. The van der Waals surface area contributed by atoms with Crippen molar-refractivity contribution in [2.24, 2.45) is 0 Å². The summed E-state index contributed by atoms with van der Waals surface area (Å²) < 4.78 is 39.1. The van der Waals surface area contributed by atoms with Crippen LogP contribution in [0.1, 0.15) is 25.3 Å². The van der Waals surface area contributed by atoms with E-state index in [1.165, 1.54) is 13.2 Å². The molecule has 1 N–H and O–H groups in total. The number of methoxy groups -OCH3 is 1. The number of benzene rings is 1. The van der Waals surface area contributed by atoms with E-state index < -0.39 is 35.0 Å². The molecule has 0 radical (unpaired) electrons. The third-order valence-corrected chi connectivity index (χ3v) is 4.51. The van der Waals surface area contributed by atoms with Gasteiger partial charge >= 0.3 is 12.7 Å². The van der Waals surface area contributed by atoms with Gasteiger partial charge in [0.2, 0.25) is 5.91 Å². The number of piperidine rings is 1. The van der Waals surface area contributed by atoms with E-state index in [2.05, 4.69) is 10.1 Å². The summed E-state index contributed by atoms with van der Waals surface area (Å²) in [6, 6.07) is 1.78. The minimum atomic E-state index is -3.18. The Morgan fingerprint density at radius 2 is 2.00 bits per heavy atom. The van der Waals surface area contributed by atoms with E-state index in [-0.39, 0.29) is 24.0 Å². The maximum Gasteiger partial charge on any atom is 0.409 e. The van der Waals surface area contributed by atoms with Crippen LogP contribution in [-0.4, -0.2) is 61.3 Å². The molecular formula is C19H23F2N3O7. The third kappa shape index (κ3) is 6.79. The molecule has 0 spiro atoms. The van der Waals surface area contributed by atoms with E-state index >= 15 is 0 Å². The molecule has 170 valence electrons. The zero-order chi connectivity index (χ0) is 23.0. The van der Waals surface area contributed by atoms with Gasteiger partial charge in [0.25, 0.3) is 5.69 Å². The highest BCUT2D eigenvalue weighted by Gasteiger charge is 2.24. The molecule has 2 rings (SSSR count). The van der Waals surface area contributed by atoms with Crippen LogP contribution in [0.5, 0.6) is 11.5 Å². The van der Waals surface area contributed by atoms with E-state index in [0.29, 0.717) is 25.9 Å². The molecule has 0 bridgehead atoms. The molecule has 0 aliphatic carbocycles. The molecule has 0 unspecified atom stereocenters. The molecule has 0 saturated carbocycles. The summed E-state index contributed by atoms with van der Waals surface area (Å²) in [5.41, 5.74) is -0.543. The number of hydrogen-bond donors (Lipinski definition) is 1. The number of nitrogens with zero attached hydrogens (tertiary/aromatic N) is 2. The summed E-state index contributed by atoms with van der Waals surface area (Å²) in [7, 11) is 1.20. The topological polar surface area (TPSA) is 120 Å². The van der Waals surface area contributed by atoms with Crippen LogP contribution in [-0.2, 0) is 9.53 Å². The van der Waals surface area contributed by atoms with E-state index in [4.69, 9.17) is 9.47 Å². The first-order valence-electron chi connectivity index (χ1n) is 9.46. The SMILES string of the molecule is CCOC(=O)N1CCC(NC(=O)C=Cc2cc(OC)c(OC(F)F)cc2[N+](=O)[O-])CC1. The van der Waals surface area contributed by atoms with Crippen molar-refractivity contribution in [3.8, 4) is 11.5 Å². The Morgan fingerprint density at radius 1 is 1.32 bits per heavy atom. The minimum absolute atomic E-state index is 0.0178. The second-order valence-corrected chi connectivity index (χ2v) is 6.50. The second-order valence-electron chi connectivity index (χ2n) is 6.50. The number of alkyl halides is 2. The number of nitro benzene ring substituents is 1. The van der Waals surface area contributed by atoms with E-state index in [1.54, 1.807) is 11.8 Å². The normalized spacial score (nSPS) is 14.5. The van der Waals surface area contributed by atoms with Crippen LogP contribution in [0.4, 0.5) is 19.3 Å². The van der Waals surface area contributed by atoms with E-state index in [9.17, 15) is 28.5 Å². The molecule has 31 heavy (non-hydrogen) atoms. The number of rotatable bonds is 8. The van der Waals surface area contributed by atoms with Gasteiger partial charge in [0.05, 0.1) is 30.3 Å². The van der Waals surface area contributed by atoms with Gasteiger partial charge in [-0.25, -0.2) is 4.79 Å². The molecule has 1 saturated heterocycles. The summed E-state index contributed by atoms with van der Waals surface area (Å²) in [6.07, 6.45) is 2.97. The largest absolute Gasteiger partial charge is 0.493 e. The first-order chi connectivity index (χ1) is 14.7. The Labute approximate surface area is 176 Å². The first kappa shape index (κ1) is 23.8. The third-order valence-electron chi connectivity index (χ3n) is 4.51. The van der Waals surface area contributed by atoms with Gasteiger partial charge in [0, 0.05) is 25.2 Å². The van der Waals surface area contributed by atoms with Gasteiger partial charge in [-0.1, -0.05) is 0 Å². The number of hydrogen-bond acceptors (Lipinski definition) is 7. The fourth-order valence-electron chi connectivity index (χ4n) is 3.04. The molecule has 0 atom stereocenters. The van der Waals surface area contributed by atoms with Crippen LogP contribution in [0.3, 0.4) is 0 Å². The number of halogens is 2. The number of carbonyl (C=O) groups is 2. The van der Waals surface area contributed by atoms with E-state index in [0.717, 1.165) is 18.2 Å². The molecule has 1 aromatic carbocycles. The van der Waals surface area contributed by atoms with Crippen LogP contribution in [0.15, 0.2) is 18.2 Å². The lowest BCUT2D eigenvalue weighted by molar-refractivity contribution is -0.385. The number of carbonyl (C=O) groups excluding carboxylic acids is 2. The number of nitro groups is 1. The summed E-state index contributed by atoms with van der Waals surface area (Å²) >= 11 is 0. The molecule has 1 fully saturated rings. The Morgan fingerprint density at radius 3 is 2.55 bits per heavy atom. The fourth-order valence-corrected chi connectivity index (χ4v) is 3.04. The number of nitrogens with one attached hydrogen (secondary N) is 1. The zero-order valence-corrected chi connectivity index (χ0v) is 17.0. The Hall–Kier alpha value is -3.44. The van der Waals surface area contributed by atoms with Gasteiger partial charge in [0.1, 0.15) is 0 Å². The predicted molar refractivity (Wildman–Crippen MR) is 105 cm³/mol. The van der Waals surface area contributed by atoms with Crippen LogP contribution < -0.4 is 14.8 Å². The molecule has 12 heteroatoms.